The molecule has 178 valence electrons. The van der Waals surface area contributed by atoms with Gasteiger partial charge in [0.25, 0.3) is 11.8 Å². The van der Waals surface area contributed by atoms with Crippen molar-refractivity contribution < 1.29 is 9.59 Å². The number of rotatable bonds is 6. The van der Waals surface area contributed by atoms with Crippen LogP contribution in [0.4, 0.5) is 0 Å². The molecule has 4 nitrogen and oxygen atoms in total. The van der Waals surface area contributed by atoms with Gasteiger partial charge in [0.05, 0.1) is 23.2 Å². The molecule has 5 rings (SSSR count). The Bertz CT molecular complexity index is 1440. The van der Waals surface area contributed by atoms with Gasteiger partial charge >= 0.3 is 0 Å². The fraction of sp³-hybridized carbons (Fsp3) is 0.125. The first-order valence-electron chi connectivity index (χ1n) is 12.2. The number of fused-ring (bicyclic) bond motifs is 2. The molecule has 0 saturated heterocycles. The van der Waals surface area contributed by atoms with E-state index in [-0.39, 0.29) is 23.9 Å². The first-order valence-corrected chi connectivity index (χ1v) is 12.2. The molecule has 0 aliphatic heterocycles. The molecule has 0 aromatic heterocycles. The second-order valence-electron chi connectivity index (χ2n) is 9.07. The molecule has 0 heterocycles. The molecule has 0 aliphatic carbocycles. The van der Waals surface area contributed by atoms with Crippen LogP contribution in [0, 0.1) is 0 Å². The Morgan fingerprint density at radius 2 is 0.861 bits per heavy atom. The summed E-state index contributed by atoms with van der Waals surface area (Å²) in [7, 11) is 0. The van der Waals surface area contributed by atoms with Crippen LogP contribution in [0.3, 0.4) is 0 Å². The Balaban J connectivity index is 1.37. The fourth-order valence-electron chi connectivity index (χ4n) is 4.84. The summed E-state index contributed by atoms with van der Waals surface area (Å²) < 4.78 is 0. The minimum absolute atomic E-state index is 0.227. The maximum atomic E-state index is 13.3. The van der Waals surface area contributed by atoms with E-state index in [1.807, 2.05) is 62.4 Å². The highest BCUT2D eigenvalue weighted by Crippen LogP contribution is 2.26. The minimum Gasteiger partial charge on any atom is -0.345 e. The molecule has 36 heavy (non-hydrogen) atoms. The lowest BCUT2D eigenvalue weighted by Crippen LogP contribution is -2.32. The monoisotopic (exact) mass is 472 g/mol. The number of benzene rings is 5. The molecular formula is C32H28N2O2. The lowest BCUT2D eigenvalue weighted by Gasteiger charge is -2.19. The van der Waals surface area contributed by atoms with E-state index in [0.717, 1.165) is 32.7 Å². The third kappa shape index (κ3) is 4.58. The quantitative estimate of drug-likeness (QED) is 0.280. The number of carbonyl (C=O) groups is 2. The summed E-state index contributed by atoms with van der Waals surface area (Å²) in [6, 6.07) is 34.9. The normalized spacial score (nSPS) is 12.7. The minimum atomic E-state index is -0.279. The van der Waals surface area contributed by atoms with Crippen molar-refractivity contribution in [3.05, 3.63) is 131 Å². The highest BCUT2D eigenvalue weighted by atomic mass is 16.2. The highest BCUT2D eigenvalue weighted by molar-refractivity contribution is 6.07. The summed E-state index contributed by atoms with van der Waals surface area (Å²) in [4.78, 5) is 26.7. The molecule has 0 unspecified atom stereocenters. The number of nitrogens with one attached hydrogen (secondary N) is 2. The summed E-state index contributed by atoms with van der Waals surface area (Å²) in [6.07, 6.45) is 0. The molecule has 2 atom stereocenters. The molecule has 0 saturated carbocycles. The molecule has 0 spiro atoms. The van der Waals surface area contributed by atoms with Crippen molar-refractivity contribution in [3.63, 3.8) is 0 Å². The molecule has 0 radical (unpaired) electrons. The third-order valence-electron chi connectivity index (χ3n) is 6.69. The standard InChI is InChI=1S/C32H28N2O2/c1-21(25-19-9-13-23-11-3-5-15-27(23)25)33-31(35)29-17-7-8-18-30(29)32(36)34-22(2)26-20-10-14-24-12-4-6-16-28(24)26/h3-22H,1-2H3,(H,33,35)(H,34,36)/t21-,22-/m1/s1. The molecule has 2 N–H and O–H groups in total. The predicted molar refractivity (Wildman–Crippen MR) is 146 cm³/mol. The fourth-order valence-corrected chi connectivity index (χ4v) is 4.84. The van der Waals surface area contributed by atoms with Crippen LogP contribution in [0.15, 0.2) is 109 Å². The van der Waals surface area contributed by atoms with E-state index in [9.17, 15) is 9.59 Å². The maximum absolute atomic E-state index is 13.3. The number of carbonyl (C=O) groups excluding carboxylic acids is 2. The van der Waals surface area contributed by atoms with E-state index in [0.29, 0.717) is 11.1 Å². The molecular weight excluding hydrogens is 444 g/mol. The topological polar surface area (TPSA) is 58.2 Å². The second kappa shape index (κ2) is 10.0. The van der Waals surface area contributed by atoms with Gasteiger partial charge in [0, 0.05) is 0 Å². The van der Waals surface area contributed by atoms with Crippen molar-refractivity contribution >= 4 is 33.4 Å². The van der Waals surface area contributed by atoms with Crippen LogP contribution in [-0.2, 0) is 0 Å². The molecule has 2 amide bonds. The van der Waals surface area contributed by atoms with Crippen molar-refractivity contribution in [3.8, 4) is 0 Å². The maximum Gasteiger partial charge on any atom is 0.252 e. The van der Waals surface area contributed by atoms with E-state index < -0.39 is 0 Å². The van der Waals surface area contributed by atoms with E-state index in [1.54, 1.807) is 24.3 Å². The zero-order valence-corrected chi connectivity index (χ0v) is 20.4. The third-order valence-corrected chi connectivity index (χ3v) is 6.69. The summed E-state index contributed by atoms with van der Waals surface area (Å²) in [5.41, 5.74) is 2.78. The molecule has 0 aliphatic rings. The van der Waals surface area contributed by atoms with Gasteiger partial charge in [-0.3, -0.25) is 9.59 Å². The summed E-state index contributed by atoms with van der Waals surface area (Å²) in [6.45, 7) is 3.93. The lowest BCUT2D eigenvalue weighted by molar-refractivity contribution is 0.0905. The van der Waals surface area contributed by atoms with E-state index in [4.69, 9.17) is 0 Å². The van der Waals surface area contributed by atoms with Gasteiger partial charge in [-0.2, -0.15) is 0 Å². The van der Waals surface area contributed by atoms with Crippen LogP contribution >= 0.6 is 0 Å². The van der Waals surface area contributed by atoms with Gasteiger partial charge in [0.15, 0.2) is 0 Å². The van der Waals surface area contributed by atoms with Crippen LogP contribution in [0.1, 0.15) is 57.8 Å². The number of amides is 2. The van der Waals surface area contributed by atoms with Crippen LogP contribution in [0.25, 0.3) is 21.5 Å². The van der Waals surface area contributed by atoms with Crippen molar-refractivity contribution in [2.24, 2.45) is 0 Å². The van der Waals surface area contributed by atoms with Gasteiger partial charge < -0.3 is 10.6 Å². The number of hydrogen-bond donors (Lipinski definition) is 2. The average molecular weight is 473 g/mol. The highest BCUT2D eigenvalue weighted by Gasteiger charge is 2.21. The SMILES string of the molecule is C[C@@H](NC(=O)c1ccccc1C(=O)N[C@H](C)c1cccc2ccccc12)c1cccc2ccccc12. The van der Waals surface area contributed by atoms with Gasteiger partial charge in [-0.25, -0.2) is 0 Å². The van der Waals surface area contributed by atoms with Crippen molar-refractivity contribution in [2.75, 3.05) is 0 Å². The van der Waals surface area contributed by atoms with Crippen LogP contribution in [0.5, 0.6) is 0 Å². The summed E-state index contributed by atoms with van der Waals surface area (Å²) in [5.74, 6) is -0.557. The van der Waals surface area contributed by atoms with E-state index >= 15 is 0 Å². The molecule has 5 aromatic carbocycles. The Morgan fingerprint density at radius 1 is 0.500 bits per heavy atom. The molecule has 4 heteroatoms. The van der Waals surface area contributed by atoms with Crippen LogP contribution < -0.4 is 10.6 Å². The molecule has 5 aromatic rings. The zero-order valence-electron chi connectivity index (χ0n) is 20.4. The molecule has 0 fully saturated rings. The zero-order chi connectivity index (χ0) is 25.1. The summed E-state index contributed by atoms with van der Waals surface area (Å²) >= 11 is 0. The van der Waals surface area contributed by atoms with E-state index in [2.05, 4.69) is 47.0 Å². The van der Waals surface area contributed by atoms with Gasteiger partial charge in [0.2, 0.25) is 0 Å². The van der Waals surface area contributed by atoms with Crippen LogP contribution in [-0.4, -0.2) is 11.8 Å². The van der Waals surface area contributed by atoms with Gasteiger partial charge in [-0.05, 0) is 58.7 Å². The van der Waals surface area contributed by atoms with Gasteiger partial charge in [-0.1, -0.05) is 97.1 Å². The van der Waals surface area contributed by atoms with Crippen molar-refractivity contribution in [1.82, 2.24) is 10.6 Å². The number of hydrogen-bond acceptors (Lipinski definition) is 2. The summed E-state index contributed by atoms with van der Waals surface area (Å²) in [5, 5.41) is 10.6. The first kappa shape index (κ1) is 23.3. The lowest BCUT2D eigenvalue weighted by atomic mass is 9.98. The van der Waals surface area contributed by atoms with Gasteiger partial charge in [-0.15, -0.1) is 0 Å². The van der Waals surface area contributed by atoms with E-state index in [1.165, 1.54) is 0 Å². The van der Waals surface area contributed by atoms with Gasteiger partial charge in [0.1, 0.15) is 0 Å². The average Bonchev–Trinajstić information content (AvgIpc) is 2.92. The van der Waals surface area contributed by atoms with Crippen LogP contribution in [0.2, 0.25) is 0 Å². The Labute approximate surface area is 211 Å². The largest absolute Gasteiger partial charge is 0.345 e. The molecule has 0 bridgehead atoms. The Morgan fingerprint density at radius 3 is 1.31 bits per heavy atom. The Hall–Kier alpha value is -4.44. The second-order valence-corrected chi connectivity index (χ2v) is 9.07. The van der Waals surface area contributed by atoms with Crippen molar-refractivity contribution in [2.45, 2.75) is 25.9 Å². The van der Waals surface area contributed by atoms with Crippen molar-refractivity contribution in [1.29, 1.82) is 0 Å². The first-order chi connectivity index (χ1) is 17.5. The Kier molecular flexibility index (Phi) is 6.50. The predicted octanol–water partition coefficient (Wildman–Crippen LogP) is 6.98. The smallest absolute Gasteiger partial charge is 0.252 e.